The van der Waals surface area contributed by atoms with Crippen LogP contribution in [0.3, 0.4) is 0 Å². The topological polar surface area (TPSA) is 41.5 Å². The van der Waals surface area contributed by atoms with Crippen molar-refractivity contribution in [2.24, 2.45) is 0 Å². The van der Waals surface area contributed by atoms with E-state index in [1.54, 1.807) is 6.07 Å². The summed E-state index contributed by atoms with van der Waals surface area (Å²) in [5.74, 6) is -0.924. The Morgan fingerprint density at radius 2 is 2.36 bits per heavy atom. The van der Waals surface area contributed by atoms with Gasteiger partial charge in [-0.25, -0.2) is 4.39 Å². The average molecular weight is 197 g/mol. The predicted molar refractivity (Wildman–Crippen MR) is 50.9 cm³/mol. The Labute approximate surface area is 81.5 Å². The van der Waals surface area contributed by atoms with Crippen molar-refractivity contribution in [3.63, 3.8) is 0 Å². The molecule has 2 N–H and O–H groups in total. The van der Waals surface area contributed by atoms with Crippen molar-refractivity contribution >= 4 is 5.69 Å². The van der Waals surface area contributed by atoms with E-state index in [2.05, 4.69) is 5.32 Å². The number of aromatic hydroxyl groups is 1. The Morgan fingerprint density at radius 1 is 1.50 bits per heavy atom. The number of hydrogen-bond donors (Lipinski definition) is 2. The van der Waals surface area contributed by atoms with Crippen molar-refractivity contribution in [1.82, 2.24) is 0 Å². The molecular formula is C10H12FNO2. The molecule has 1 fully saturated rings. The second kappa shape index (κ2) is 3.84. The Kier molecular flexibility index (Phi) is 2.54. The molecule has 3 nitrogen and oxygen atoms in total. The molecule has 1 saturated heterocycles. The third-order valence-corrected chi connectivity index (χ3v) is 2.25. The van der Waals surface area contributed by atoms with Crippen molar-refractivity contribution in [2.45, 2.75) is 12.5 Å². The lowest BCUT2D eigenvalue weighted by Gasteiger charge is -2.12. The van der Waals surface area contributed by atoms with Crippen LogP contribution in [-0.4, -0.2) is 24.4 Å². The number of ether oxygens (including phenoxy) is 1. The van der Waals surface area contributed by atoms with Crippen molar-refractivity contribution in [3.05, 3.63) is 24.0 Å². The van der Waals surface area contributed by atoms with E-state index >= 15 is 0 Å². The number of rotatable bonds is 2. The largest absolute Gasteiger partial charge is 0.505 e. The summed E-state index contributed by atoms with van der Waals surface area (Å²) in [5, 5.41) is 12.1. The fourth-order valence-electron chi connectivity index (χ4n) is 1.48. The molecule has 4 heteroatoms. The number of hydrogen-bond acceptors (Lipinski definition) is 3. The van der Waals surface area contributed by atoms with Crippen LogP contribution < -0.4 is 5.32 Å². The number of halogens is 1. The van der Waals surface area contributed by atoms with E-state index in [4.69, 9.17) is 9.84 Å². The summed E-state index contributed by atoms with van der Waals surface area (Å²) in [4.78, 5) is 0. The molecule has 1 unspecified atom stereocenters. The monoisotopic (exact) mass is 197 g/mol. The van der Waals surface area contributed by atoms with Crippen LogP contribution in [0.5, 0.6) is 5.75 Å². The maximum absolute atomic E-state index is 12.9. The van der Waals surface area contributed by atoms with Gasteiger partial charge in [0, 0.05) is 18.4 Å². The van der Waals surface area contributed by atoms with E-state index in [-0.39, 0.29) is 11.8 Å². The summed E-state index contributed by atoms with van der Waals surface area (Å²) in [6.45, 7) is 1.40. The lowest BCUT2D eigenvalue weighted by atomic mass is 10.2. The minimum atomic E-state index is -0.603. The fraction of sp³-hybridized carbons (Fsp3) is 0.400. The maximum atomic E-state index is 12.9. The van der Waals surface area contributed by atoms with Crippen LogP contribution in [0.1, 0.15) is 6.42 Å². The second-order valence-electron chi connectivity index (χ2n) is 3.37. The zero-order chi connectivity index (χ0) is 9.97. The van der Waals surface area contributed by atoms with Gasteiger partial charge in [-0.05, 0) is 18.6 Å². The summed E-state index contributed by atoms with van der Waals surface area (Å²) in [5.41, 5.74) is 0.677. The molecule has 0 bridgehead atoms. The summed E-state index contributed by atoms with van der Waals surface area (Å²) in [7, 11) is 0. The van der Waals surface area contributed by atoms with E-state index in [9.17, 15) is 4.39 Å². The lowest BCUT2D eigenvalue weighted by molar-refractivity contribution is 0.195. The SMILES string of the molecule is Oc1ccc(NC2CCOC2)cc1F. The van der Waals surface area contributed by atoms with Crippen LogP contribution in [0.15, 0.2) is 18.2 Å². The van der Waals surface area contributed by atoms with Gasteiger partial charge in [0.15, 0.2) is 11.6 Å². The van der Waals surface area contributed by atoms with Gasteiger partial charge in [0.2, 0.25) is 0 Å². The zero-order valence-electron chi connectivity index (χ0n) is 7.66. The molecule has 1 atom stereocenters. The Hall–Kier alpha value is -1.29. The van der Waals surface area contributed by atoms with Crippen LogP contribution in [-0.2, 0) is 4.74 Å². The molecule has 0 radical (unpaired) electrons. The van der Waals surface area contributed by atoms with Crippen LogP contribution in [0, 0.1) is 5.82 Å². The van der Waals surface area contributed by atoms with Crippen LogP contribution in [0.25, 0.3) is 0 Å². The highest BCUT2D eigenvalue weighted by Crippen LogP contribution is 2.21. The molecule has 0 spiro atoms. The highest BCUT2D eigenvalue weighted by Gasteiger charge is 2.15. The maximum Gasteiger partial charge on any atom is 0.166 e. The molecule has 1 heterocycles. The molecule has 0 amide bonds. The average Bonchev–Trinajstić information content (AvgIpc) is 2.64. The van der Waals surface area contributed by atoms with E-state index in [0.29, 0.717) is 12.3 Å². The van der Waals surface area contributed by atoms with Gasteiger partial charge in [0.1, 0.15) is 0 Å². The first kappa shape index (κ1) is 9.27. The fourth-order valence-corrected chi connectivity index (χ4v) is 1.48. The molecular weight excluding hydrogens is 185 g/mol. The molecule has 76 valence electrons. The molecule has 0 aliphatic carbocycles. The molecule has 14 heavy (non-hydrogen) atoms. The third-order valence-electron chi connectivity index (χ3n) is 2.25. The van der Waals surface area contributed by atoms with Crippen molar-refractivity contribution in [3.8, 4) is 5.75 Å². The Bertz CT molecular complexity index is 324. The Balaban J connectivity index is 2.05. The number of nitrogens with one attached hydrogen (secondary N) is 1. The van der Waals surface area contributed by atoms with Gasteiger partial charge in [0.25, 0.3) is 0 Å². The van der Waals surface area contributed by atoms with Gasteiger partial charge in [-0.2, -0.15) is 0 Å². The minimum Gasteiger partial charge on any atom is -0.505 e. The second-order valence-corrected chi connectivity index (χ2v) is 3.37. The molecule has 2 rings (SSSR count). The summed E-state index contributed by atoms with van der Waals surface area (Å²) in [6.07, 6.45) is 0.933. The molecule has 1 aromatic rings. The van der Waals surface area contributed by atoms with Gasteiger partial charge >= 0.3 is 0 Å². The number of anilines is 1. The molecule has 1 aromatic carbocycles. The van der Waals surface area contributed by atoms with Gasteiger partial charge in [-0.1, -0.05) is 0 Å². The van der Waals surface area contributed by atoms with E-state index < -0.39 is 5.82 Å². The van der Waals surface area contributed by atoms with Crippen molar-refractivity contribution in [2.75, 3.05) is 18.5 Å². The number of benzene rings is 1. The zero-order valence-corrected chi connectivity index (χ0v) is 7.66. The molecule has 0 saturated carbocycles. The standard InChI is InChI=1S/C10H12FNO2/c11-9-5-7(1-2-10(9)13)12-8-3-4-14-6-8/h1-2,5,8,12-13H,3-4,6H2. The molecule has 1 aliphatic heterocycles. The number of phenols is 1. The third kappa shape index (κ3) is 1.96. The summed E-state index contributed by atoms with van der Waals surface area (Å²) < 4.78 is 18.1. The summed E-state index contributed by atoms with van der Waals surface area (Å²) >= 11 is 0. The van der Waals surface area contributed by atoms with E-state index in [1.807, 2.05) is 0 Å². The first-order valence-corrected chi connectivity index (χ1v) is 4.58. The van der Waals surface area contributed by atoms with Crippen molar-refractivity contribution < 1.29 is 14.2 Å². The van der Waals surface area contributed by atoms with Gasteiger partial charge in [0.05, 0.1) is 12.6 Å². The normalized spacial score (nSPS) is 21.1. The predicted octanol–water partition coefficient (Wildman–Crippen LogP) is 1.73. The first-order chi connectivity index (χ1) is 6.75. The van der Waals surface area contributed by atoms with E-state index in [1.165, 1.54) is 12.1 Å². The number of phenolic OH excluding ortho intramolecular Hbond substituents is 1. The molecule has 0 aromatic heterocycles. The van der Waals surface area contributed by atoms with Crippen molar-refractivity contribution in [1.29, 1.82) is 0 Å². The smallest absolute Gasteiger partial charge is 0.166 e. The minimum absolute atomic E-state index is 0.249. The van der Waals surface area contributed by atoms with Gasteiger partial charge in [-0.15, -0.1) is 0 Å². The van der Waals surface area contributed by atoms with Gasteiger partial charge in [-0.3, -0.25) is 0 Å². The summed E-state index contributed by atoms with van der Waals surface area (Å²) in [6, 6.07) is 4.52. The molecule has 1 aliphatic rings. The van der Waals surface area contributed by atoms with E-state index in [0.717, 1.165) is 13.0 Å². The Morgan fingerprint density at radius 3 is 3.00 bits per heavy atom. The lowest BCUT2D eigenvalue weighted by Crippen LogP contribution is -2.18. The van der Waals surface area contributed by atoms with Crippen LogP contribution in [0.4, 0.5) is 10.1 Å². The van der Waals surface area contributed by atoms with Crippen LogP contribution in [0.2, 0.25) is 0 Å². The highest BCUT2D eigenvalue weighted by atomic mass is 19.1. The first-order valence-electron chi connectivity index (χ1n) is 4.58. The van der Waals surface area contributed by atoms with Gasteiger partial charge < -0.3 is 15.2 Å². The quantitative estimate of drug-likeness (QED) is 0.709. The highest BCUT2D eigenvalue weighted by molar-refractivity contribution is 5.47. The van der Waals surface area contributed by atoms with Crippen LogP contribution >= 0.6 is 0 Å².